The number of nitrogens with zero attached hydrogens (tertiary/aromatic N) is 1. The van der Waals surface area contributed by atoms with Gasteiger partial charge in [-0.15, -0.1) is 0 Å². The van der Waals surface area contributed by atoms with Crippen molar-refractivity contribution in [3.05, 3.63) is 65.9 Å². The Morgan fingerprint density at radius 3 is 2.57 bits per heavy atom. The quantitative estimate of drug-likeness (QED) is 0.744. The van der Waals surface area contributed by atoms with Crippen molar-refractivity contribution in [3.63, 3.8) is 0 Å². The fourth-order valence-corrected chi connectivity index (χ4v) is 2.51. The van der Waals surface area contributed by atoms with Crippen molar-refractivity contribution in [3.8, 4) is 0 Å². The molecule has 1 aromatic heterocycles. The number of anilines is 1. The van der Waals surface area contributed by atoms with E-state index >= 15 is 0 Å². The second-order valence-electron chi connectivity index (χ2n) is 5.20. The number of aromatic nitrogens is 1. The van der Waals surface area contributed by atoms with Crippen LogP contribution >= 0.6 is 0 Å². The van der Waals surface area contributed by atoms with E-state index in [1.807, 2.05) is 25.4 Å². The normalized spacial score (nSPS) is 11.7. The van der Waals surface area contributed by atoms with Crippen molar-refractivity contribution in [1.29, 1.82) is 0 Å². The number of benzene rings is 2. The number of para-hydroxylation sites is 1. The number of hydrogen-bond donors (Lipinski definition) is 1. The Morgan fingerprint density at radius 1 is 1.09 bits per heavy atom. The van der Waals surface area contributed by atoms with Crippen LogP contribution in [0, 0.1) is 0 Å². The van der Waals surface area contributed by atoms with E-state index in [0.717, 1.165) is 23.0 Å². The van der Waals surface area contributed by atoms with Crippen molar-refractivity contribution in [2.75, 3.05) is 5.32 Å². The number of aryl methyl sites for hydroxylation is 1. The van der Waals surface area contributed by atoms with E-state index in [1.54, 1.807) is 16.7 Å². The Kier molecular flexibility index (Phi) is 3.60. The van der Waals surface area contributed by atoms with Crippen molar-refractivity contribution in [2.24, 2.45) is 7.05 Å². The summed E-state index contributed by atoms with van der Waals surface area (Å²) in [6.07, 6.45) is -2.62. The number of halogens is 3. The van der Waals surface area contributed by atoms with Gasteiger partial charge < -0.3 is 9.88 Å². The Labute approximate surface area is 130 Å². The van der Waals surface area contributed by atoms with Gasteiger partial charge in [0.15, 0.2) is 0 Å². The molecule has 0 spiro atoms. The molecule has 23 heavy (non-hydrogen) atoms. The highest BCUT2D eigenvalue weighted by Gasteiger charge is 2.30. The van der Waals surface area contributed by atoms with Gasteiger partial charge in [-0.2, -0.15) is 13.2 Å². The summed E-state index contributed by atoms with van der Waals surface area (Å²) in [7, 11) is 1.81. The van der Waals surface area contributed by atoms with Crippen molar-refractivity contribution in [1.82, 2.24) is 4.57 Å². The molecule has 1 heterocycles. The first-order valence-electron chi connectivity index (χ1n) is 6.89. The molecule has 3 nitrogen and oxygen atoms in total. The lowest BCUT2D eigenvalue weighted by atomic mass is 10.1. The van der Waals surface area contributed by atoms with Crippen molar-refractivity contribution >= 4 is 22.5 Å². The van der Waals surface area contributed by atoms with Crippen LogP contribution in [-0.2, 0) is 13.2 Å². The summed E-state index contributed by atoms with van der Waals surface area (Å²) in [5.74, 6) is -0.447. The number of amides is 1. The van der Waals surface area contributed by atoms with Gasteiger partial charge in [0.05, 0.1) is 16.6 Å². The van der Waals surface area contributed by atoms with E-state index in [9.17, 15) is 18.0 Å². The minimum absolute atomic E-state index is 0.107. The third kappa shape index (κ3) is 2.92. The van der Waals surface area contributed by atoms with Gasteiger partial charge in [-0.05, 0) is 30.3 Å². The SMILES string of the molecule is Cn1ccc2cccc(C(=O)Nc3cccc(C(F)(F)F)c3)c21. The van der Waals surface area contributed by atoms with Crippen LogP contribution < -0.4 is 5.32 Å². The number of alkyl halides is 3. The minimum atomic E-state index is -4.45. The number of fused-ring (bicyclic) bond motifs is 1. The minimum Gasteiger partial charge on any atom is -0.350 e. The maximum Gasteiger partial charge on any atom is 0.416 e. The maximum atomic E-state index is 12.7. The molecule has 118 valence electrons. The average Bonchev–Trinajstić information content (AvgIpc) is 2.88. The molecule has 0 bridgehead atoms. The van der Waals surface area contributed by atoms with E-state index in [2.05, 4.69) is 5.32 Å². The molecular formula is C17H13F3N2O. The van der Waals surface area contributed by atoms with Crippen LogP contribution in [0.25, 0.3) is 10.9 Å². The number of carbonyl (C=O) groups excluding carboxylic acids is 1. The van der Waals surface area contributed by atoms with Gasteiger partial charge in [0.25, 0.3) is 5.91 Å². The molecule has 3 aromatic rings. The molecule has 0 unspecified atom stereocenters. The van der Waals surface area contributed by atoms with E-state index in [4.69, 9.17) is 0 Å². The molecule has 1 N–H and O–H groups in total. The van der Waals surface area contributed by atoms with E-state index < -0.39 is 17.6 Å². The summed E-state index contributed by atoms with van der Waals surface area (Å²) in [6.45, 7) is 0. The first kappa shape index (κ1) is 15.1. The van der Waals surface area contributed by atoms with Crippen molar-refractivity contribution in [2.45, 2.75) is 6.18 Å². The molecule has 0 aliphatic heterocycles. The third-order valence-corrected chi connectivity index (χ3v) is 3.59. The Hall–Kier alpha value is -2.76. The van der Waals surface area contributed by atoms with Crippen molar-refractivity contribution < 1.29 is 18.0 Å². The Balaban J connectivity index is 1.94. The van der Waals surface area contributed by atoms with Gasteiger partial charge in [0.1, 0.15) is 0 Å². The number of nitrogens with one attached hydrogen (secondary N) is 1. The standard InChI is InChI=1S/C17H13F3N2O/c1-22-9-8-11-4-2-7-14(15(11)22)16(23)21-13-6-3-5-12(10-13)17(18,19)20/h2-10H,1H3,(H,21,23). The van der Waals surface area contributed by atoms with Gasteiger partial charge in [-0.1, -0.05) is 18.2 Å². The van der Waals surface area contributed by atoms with Crippen LogP contribution in [0.3, 0.4) is 0 Å². The predicted molar refractivity (Wildman–Crippen MR) is 82.3 cm³/mol. The van der Waals surface area contributed by atoms with Crippen LogP contribution in [0.1, 0.15) is 15.9 Å². The number of hydrogen-bond acceptors (Lipinski definition) is 1. The highest BCUT2D eigenvalue weighted by atomic mass is 19.4. The molecule has 0 atom stereocenters. The lowest BCUT2D eigenvalue weighted by molar-refractivity contribution is -0.137. The summed E-state index contributed by atoms with van der Waals surface area (Å²) >= 11 is 0. The summed E-state index contributed by atoms with van der Waals surface area (Å²) in [4.78, 5) is 12.4. The first-order chi connectivity index (χ1) is 10.9. The second-order valence-corrected chi connectivity index (χ2v) is 5.20. The zero-order valence-corrected chi connectivity index (χ0v) is 12.2. The molecule has 0 fully saturated rings. The van der Waals surface area contributed by atoms with E-state index in [1.165, 1.54) is 12.1 Å². The van der Waals surface area contributed by atoms with Gasteiger partial charge >= 0.3 is 6.18 Å². The largest absolute Gasteiger partial charge is 0.416 e. The van der Waals surface area contributed by atoms with Crippen LogP contribution in [-0.4, -0.2) is 10.5 Å². The van der Waals surface area contributed by atoms with Crippen LogP contribution in [0.4, 0.5) is 18.9 Å². The molecule has 6 heteroatoms. The zero-order chi connectivity index (χ0) is 16.6. The molecule has 1 amide bonds. The molecule has 3 rings (SSSR count). The van der Waals surface area contributed by atoms with Gasteiger partial charge in [0.2, 0.25) is 0 Å². The van der Waals surface area contributed by atoms with E-state index in [0.29, 0.717) is 5.56 Å². The lowest BCUT2D eigenvalue weighted by Gasteiger charge is -2.11. The summed E-state index contributed by atoms with van der Waals surface area (Å²) < 4.78 is 40.0. The molecule has 0 saturated carbocycles. The summed E-state index contributed by atoms with van der Waals surface area (Å²) in [5, 5.41) is 3.42. The van der Waals surface area contributed by atoms with Gasteiger partial charge in [-0.3, -0.25) is 4.79 Å². The third-order valence-electron chi connectivity index (χ3n) is 3.59. The van der Waals surface area contributed by atoms with Crippen LogP contribution in [0.15, 0.2) is 54.7 Å². The molecular weight excluding hydrogens is 305 g/mol. The molecule has 2 aromatic carbocycles. The Bertz CT molecular complexity index is 881. The second kappa shape index (κ2) is 5.46. The van der Waals surface area contributed by atoms with Gasteiger partial charge in [-0.25, -0.2) is 0 Å². The fraction of sp³-hybridized carbons (Fsp3) is 0.118. The first-order valence-corrected chi connectivity index (χ1v) is 6.89. The highest BCUT2D eigenvalue weighted by Crippen LogP contribution is 2.31. The average molecular weight is 318 g/mol. The number of rotatable bonds is 2. The Morgan fingerprint density at radius 2 is 1.83 bits per heavy atom. The summed E-state index contributed by atoms with van der Waals surface area (Å²) in [5.41, 5.74) is 0.452. The van der Waals surface area contributed by atoms with Crippen LogP contribution in [0.5, 0.6) is 0 Å². The summed E-state index contributed by atoms with van der Waals surface area (Å²) in [6, 6.07) is 11.7. The fourth-order valence-electron chi connectivity index (χ4n) is 2.51. The maximum absolute atomic E-state index is 12.7. The molecule has 0 aliphatic rings. The molecule has 0 saturated heterocycles. The monoisotopic (exact) mass is 318 g/mol. The molecule has 0 radical (unpaired) electrons. The molecule has 0 aliphatic carbocycles. The predicted octanol–water partition coefficient (Wildman–Crippen LogP) is 4.45. The number of carbonyl (C=O) groups is 1. The van der Waals surface area contributed by atoms with E-state index in [-0.39, 0.29) is 5.69 Å². The lowest BCUT2D eigenvalue weighted by Crippen LogP contribution is -2.14. The smallest absolute Gasteiger partial charge is 0.350 e. The highest BCUT2D eigenvalue weighted by molar-refractivity contribution is 6.12. The zero-order valence-electron chi connectivity index (χ0n) is 12.2. The topological polar surface area (TPSA) is 34.0 Å². The van der Waals surface area contributed by atoms with Gasteiger partial charge in [0, 0.05) is 24.3 Å². The van der Waals surface area contributed by atoms with Crippen LogP contribution in [0.2, 0.25) is 0 Å².